The van der Waals surface area contributed by atoms with Crippen LogP contribution in [0.15, 0.2) is 126 Å². The lowest BCUT2D eigenvalue weighted by atomic mass is 10.1. The number of nitrogens with zero attached hydrogens (tertiary/aromatic N) is 2. The number of hydrogen-bond donors (Lipinski definition) is 6. The molecule has 13 nitrogen and oxygen atoms in total. The Morgan fingerprint density at radius 1 is 0.830 bits per heavy atom. The summed E-state index contributed by atoms with van der Waals surface area (Å²) in [6, 6.07) is 30.4. The van der Waals surface area contributed by atoms with Gasteiger partial charge < -0.3 is 45.9 Å². The topological polar surface area (TPSA) is 167 Å². The SMILES string of the molecule is C=CC(/N=C(\NC(C)=NCCOCCOCCNC(=O)c1ccccc1)Nc1ccc(O)cc1)Nc1ccc(C(=O)NCc2ccccc2)c(OC)c1. The number of rotatable bonds is 19. The van der Waals surface area contributed by atoms with Crippen LogP contribution in [-0.4, -0.2) is 81.5 Å². The number of aromatic hydroxyl groups is 1. The summed E-state index contributed by atoms with van der Waals surface area (Å²) in [5.74, 6) is 1.10. The van der Waals surface area contributed by atoms with Crippen molar-refractivity contribution in [3.05, 3.63) is 132 Å². The molecule has 4 rings (SSSR count). The van der Waals surface area contributed by atoms with Crippen molar-refractivity contribution in [2.24, 2.45) is 9.98 Å². The fraction of sp³-hybridized carbons (Fsp3) is 0.250. The van der Waals surface area contributed by atoms with E-state index in [0.717, 1.165) is 5.56 Å². The summed E-state index contributed by atoms with van der Waals surface area (Å²) in [6.07, 6.45) is 1.03. The van der Waals surface area contributed by atoms with Crippen LogP contribution in [0.3, 0.4) is 0 Å². The van der Waals surface area contributed by atoms with Crippen molar-refractivity contribution in [2.75, 3.05) is 57.3 Å². The van der Waals surface area contributed by atoms with Crippen LogP contribution in [0.2, 0.25) is 0 Å². The summed E-state index contributed by atoms with van der Waals surface area (Å²) >= 11 is 0. The van der Waals surface area contributed by atoms with Gasteiger partial charge in [0, 0.05) is 36.1 Å². The number of phenols is 1. The fourth-order valence-electron chi connectivity index (χ4n) is 4.81. The number of guanidine groups is 1. The number of carbonyl (C=O) groups is 2. The first-order chi connectivity index (χ1) is 25.8. The van der Waals surface area contributed by atoms with Gasteiger partial charge in [-0.1, -0.05) is 55.1 Å². The average Bonchev–Trinajstić information content (AvgIpc) is 3.18. The Hall–Kier alpha value is -6.18. The van der Waals surface area contributed by atoms with Crippen molar-refractivity contribution in [1.82, 2.24) is 16.0 Å². The van der Waals surface area contributed by atoms with Crippen molar-refractivity contribution in [3.8, 4) is 11.5 Å². The van der Waals surface area contributed by atoms with Crippen molar-refractivity contribution < 1.29 is 28.9 Å². The maximum absolute atomic E-state index is 12.9. The van der Waals surface area contributed by atoms with Gasteiger partial charge in [-0.3, -0.25) is 14.6 Å². The highest BCUT2D eigenvalue weighted by Gasteiger charge is 2.15. The number of aliphatic imine (C=N–C) groups is 2. The molecule has 4 aromatic carbocycles. The standard InChI is InChI=1S/C40H47N7O6/c1-4-37(45-33-17-20-35(36(27-33)51-3)39(50)43-28-30-11-7-5-8-12-30)47-40(46-32-15-18-34(48)19-16-32)44-29(2)41-21-23-52-25-26-53-24-22-42-38(49)31-13-9-6-10-14-31/h4-20,27,37,45,48H,1,21-26,28H2,2-3H3,(H,42,49)(H,43,50)(H2,41,44,46,47). The molecular weight excluding hydrogens is 674 g/mol. The molecule has 53 heavy (non-hydrogen) atoms. The van der Waals surface area contributed by atoms with Gasteiger partial charge in [0.1, 0.15) is 17.7 Å². The Morgan fingerprint density at radius 3 is 2.21 bits per heavy atom. The molecule has 2 amide bonds. The van der Waals surface area contributed by atoms with Crippen LogP contribution >= 0.6 is 0 Å². The molecule has 0 aliphatic carbocycles. The Labute approximate surface area is 310 Å². The number of phenolic OH excluding ortho intramolecular Hbond substituents is 1. The van der Waals surface area contributed by atoms with Crippen LogP contribution < -0.4 is 31.3 Å². The molecule has 0 aliphatic heterocycles. The zero-order valence-electron chi connectivity index (χ0n) is 30.0. The summed E-state index contributed by atoms with van der Waals surface area (Å²) < 4.78 is 16.7. The molecule has 0 fully saturated rings. The number of ether oxygens (including phenoxy) is 3. The molecule has 1 atom stereocenters. The van der Waals surface area contributed by atoms with Gasteiger partial charge in [-0.25, -0.2) is 4.99 Å². The van der Waals surface area contributed by atoms with E-state index >= 15 is 0 Å². The van der Waals surface area contributed by atoms with Gasteiger partial charge >= 0.3 is 0 Å². The van der Waals surface area contributed by atoms with Gasteiger partial charge in [0.05, 0.1) is 51.5 Å². The molecule has 4 aromatic rings. The molecule has 13 heteroatoms. The molecule has 1 unspecified atom stereocenters. The zero-order chi connectivity index (χ0) is 37.7. The lowest BCUT2D eigenvalue weighted by Gasteiger charge is -2.18. The first kappa shape index (κ1) is 39.6. The van der Waals surface area contributed by atoms with Crippen LogP contribution in [0.25, 0.3) is 0 Å². The summed E-state index contributed by atoms with van der Waals surface area (Å²) in [5.41, 5.74) is 3.34. The molecular formula is C40H47N7O6. The molecule has 6 N–H and O–H groups in total. The van der Waals surface area contributed by atoms with E-state index in [0.29, 0.717) is 86.1 Å². The van der Waals surface area contributed by atoms with Crippen LogP contribution in [-0.2, 0) is 16.0 Å². The molecule has 0 bridgehead atoms. The van der Waals surface area contributed by atoms with E-state index in [2.05, 4.69) is 38.2 Å². The number of amidine groups is 1. The first-order valence-electron chi connectivity index (χ1n) is 17.1. The molecule has 0 aliphatic rings. The Kier molecular flexibility index (Phi) is 16.4. The predicted octanol–water partition coefficient (Wildman–Crippen LogP) is 5.19. The Balaban J connectivity index is 1.28. The Morgan fingerprint density at radius 2 is 1.51 bits per heavy atom. The third-order valence-corrected chi connectivity index (χ3v) is 7.50. The average molecular weight is 722 g/mol. The smallest absolute Gasteiger partial charge is 0.255 e. The minimum Gasteiger partial charge on any atom is -0.508 e. The highest BCUT2D eigenvalue weighted by Crippen LogP contribution is 2.24. The maximum atomic E-state index is 12.9. The van der Waals surface area contributed by atoms with E-state index in [-0.39, 0.29) is 17.6 Å². The van der Waals surface area contributed by atoms with Gasteiger partial charge in [0.25, 0.3) is 11.8 Å². The number of carbonyl (C=O) groups excluding carboxylic acids is 2. The molecule has 0 spiro atoms. The van der Waals surface area contributed by atoms with Gasteiger partial charge in [0.2, 0.25) is 5.96 Å². The predicted molar refractivity (Wildman–Crippen MR) is 209 cm³/mol. The van der Waals surface area contributed by atoms with Crippen molar-refractivity contribution in [2.45, 2.75) is 19.6 Å². The van der Waals surface area contributed by atoms with E-state index in [1.165, 1.54) is 7.11 Å². The largest absolute Gasteiger partial charge is 0.508 e. The third-order valence-electron chi connectivity index (χ3n) is 7.50. The molecule has 0 saturated carbocycles. The number of amides is 2. The quantitative estimate of drug-likeness (QED) is 0.0251. The van der Waals surface area contributed by atoms with Crippen LogP contribution in [0, 0.1) is 0 Å². The minimum atomic E-state index is -0.604. The number of anilines is 2. The number of methoxy groups -OCH3 is 1. The van der Waals surface area contributed by atoms with E-state index in [4.69, 9.17) is 19.2 Å². The van der Waals surface area contributed by atoms with Crippen LogP contribution in [0.5, 0.6) is 11.5 Å². The second-order valence-corrected chi connectivity index (χ2v) is 11.5. The van der Waals surface area contributed by atoms with Crippen molar-refractivity contribution in [1.29, 1.82) is 0 Å². The van der Waals surface area contributed by atoms with Crippen LogP contribution in [0.4, 0.5) is 11.4 Å². The normalized spacial score (nSPS) is 12.0. The second kappa shape index (κ2) is 21.9. The molecule has 0 heterocycles. The molecule has 0 aromatic heterocycles. The van der Waals surface area contributed by atoms with Gasteiger partial charge in [0.15, 0.2) is 0 Å². The second-order valence-electron chi connectivity index (χ2n) is 11.5. The molecule has 278 valence electrons. The summed E-state index contributed by atoms with van der Waals surface area (Å²) in [5, 5.41) is 25.2. The first-order valence-corrected chi connectivity index (χ1v) is 17.1. The zero-order valence-corrected chi connectivity index (χ0v) is 30.0. The fourth-order valence-corrected chi connectivity index (χ4v) is 4.81. The van der Waals surface area contributed by atoms with E-state index in [1.54, 1.807) is 60.7 Å². The third kappa shape index (κ3) is 14.2. The van der Waals surface area contributed by atoms with Crippen molar-refractivity contribution >= 4 is 35.0 Å². The van der Waals surface area contributed by atoms with Gasteiger partial charge in [-0.15, -0.1) is 0 Å². The van der Waals surface area contributed by atoms with E-state index in [9.17, 15) is 14.7 Å². The summed E-state index contributed by atoms with van der Waals surface area (Å²) in [4.78, 5) is 34.3. The van der Waals surface area contributed by atoms with Crippen molar-refractivity contribution in [3.63, 3.8) is 0 Å². The number of benzene rings is 4. The number of hydrogen-bond acceptors (Lipinski definition) is 9. The highest BCUT2D eigenvalue weighted by molar-refractivity contribution is 6.05. The van der Waals surface area contributed by atoms with Gasteiger partial charge in [-0.2, -0.15) is 0 Å². The monoisotopic (exact) mass is 721 g/mol. The highest BCUT2D eigenvalue weighted by atomic mass is 16.5. The lowest BCUT2D eigenvalue weighted by molar-refractivity contribution is 0.0512. The van der Waals surface area contributed by atoms with E-state index < -0.39 is 6.17 Å². The Bertz CT molecular complexity index is 1800. The van der Waals surface area contributed by atoms with Crippen LogP contribution in [0.1, 0.15) is 33.2 Å². The molecule has 0 saturated heterocycles. The van der Waals surface area contributed by atoms with E-state index in [1.807, 2.05) is 55.5 Å². The molecule has 0 radical (unpaired) electrons. The number of nitrogens with one attached hydrogen (secondary N) is 5. The minimum absolute atomic E-state index is 0.136. The lowest BCUT2D eigenvalue weighted by Crippen LogP contribution is -2.36. The van der Waals surface area contributed by atoms with Gasteiger partial charge in [-0.05, 0) is 67.1 Å². The summed E-state index contributed by atoms with van der Waals surface area (Å²) in [7, 11) is 1.51. The maximum Gasteiger partial charge on any atom is 0.255 e. The summed E-state index contributed by atoms with van der Waals surface area (Å²) in [6.45, 7) is 8.48.